The van der Waals surface area contributed by atoms with Gasteiger partial charge in [0, 0.05) is 31.0 Å². The summed E-state index contributed by atoms with van der Waals surface area (Å²) in [5, 5.41) is 11.7. The molecule has 0 saturated heterocycles. The summed E-state index contributed by atoms with van der Waals surface area (Å²) in [6, 6.07) is 1.59. The van der Waals surface area contributed by atoms with Crippen molar-refractivity contribution in [2.75, 3.05) is 13.2 Å². The molecule has 1 aromatic rings. The molecule has 1 heterocycles. The number of hydrogen-bond acceptors (Lipinski definition) is 4. The number of aliphatic hydroxyl groups is 1. The minimum absolute atomic E-state index is 0.0138. The zero-order valence-corrected chi connectivity index (χ0v) is 10.0. The molecule has 0 spiro atoms. The molecule has 1 aromatic heterocycles. The maximum atomic E-state index is 11.5. The molecule has 0 saturated carbocycles. The average molecular weight is 239 g/mol. The van der Waals surface area contributed by atoms with Gasteiger partial charge in [0.05, 0.1) is 0 Å². The standard InChI is InChI=1S/C11H17N3O3/c1-11(2,8-15)7-13-9(16)6-14-5-3-4-12-10(14)17/h3-5,15H,6-8H2,1-2H3,(H,13,16). The molecule has 6 nitrogen and oxygen atoms in total. The Bertz CT molecular complexity index is 440. The van der Waals surface area contributed by atoms with Crippen LogP contribution in [0.2, 0.25) is 0 Å². The number of aromatic nitrogens is 2. The van der Waals surface area contributed by atoms with E-state index in [0.29, 0.717) is 6.54 Å². The average Bonchev–Trinajstić information content (AvgIpc) is 2.30. The SMILES string of the molecule is CC(C)(CO)CNC(=O)Cn1cccnc1=O. The fourth-order valence-corrected chi connectivity index (χ4v) is 1.11. The first-order valence-electron chi connectivity index (χ1n) is 5.34. The molecule has 0 aliphatic carbocycles. The van der Waals surface area contributed by atoms with E-state index < -0.39 is 5.69 Å². The Kier molecular flexibility index (Phi) is 4.39. The van der Waals surface area contributed by atoms with Crippen molar-refractivity contribution in [3.05, 3.63) is 28.9 Å². The molecule has 0 aliphatic heterocycles. The van der Waals surface area contributed by atoms with Crippen LogP contribution >= 0.6 is 0 Å². The lowest BCUT2D eigenvalue weighted by atomic mass is 9.95. The number of carbonyl (C=O) groups excluding carboxylic acids is 1. The summed E-state index contributed by atoms with van der Waals surface area (Å²) in [5.74, 6) is -0.276. The molecular weight excluding hydrogens is 222 g/mol. The number of amides is 1. The fraction of sp³-hybridized carbons (Fsp3) is 0.545. The quantitative estimate of drug-likeness (QED) is 0.717. The van der Waals surface area contributed by atoms with E-state index >= 15 is 0 Å². The first kappa shape index (κ1) is 13.4. The van der Waals surface area contributed by atoms with Crippen LogP contribution in [0.4, 0.5) is 0 Å². The normalized spacial score (nSPS) is 11.2. The molecule has 6 heteroatoms. The van der Waals surface area contributed by atoms with Crippen LogP contribution in [0.25, 0.3) is 0 Å². The van der Waals surface area contributed by atoms with Crippen molar-refractivity contribution in [3.63, 3.8) is 0 Å². The summed E-state index contributed by atoms with van der Waals surface area (Å²) in [5.41, 5.74) is -0.820. The van der Waals surface area contributed by atoms with E-state index in [4.69, 9.17) is 5.11 Å². The molecule has 1 amide bonds. The van der Waals surface area contributed by atoms with Crippen molar-refractivity contribution >= 4 is 5.91 Å². The number of nitrogens with zero attached hydrogens (tertiary/aromatic N) is 2. The molecule has 0 atom stereocenters. The van der Waals surface area contributed by atoms with Gasteiger partial charge in [-0.3, -0.25) is 9.36 Å². The van der Waals surface area contributed by atoms with Crippen molar-refractivity contribution in [2.45, 2.75) is 20.4 Å². The van der Waals surface area contributed by atoms with Gasteiger partial charge in [-0.05, 0) is 6.07 Å². The molecule has 0 fully saturated rings. The lowest BCUT2D eigenvalue weighted by Gasteiger charge is -2.21. The van der Waals surface area contributed by atoms with Crippen LogP contribution < -0.4 is 11.0 Å². The second kappa shape index (κ2) is 5.58. The van der Waals surface area contributed by atoms with Gasteiger partial charge in [0.2, 0.25) is 5.91 Å². The number of carbonyl (C=O) groups is 1. The van der Waals surface area contributed by atoms with Crippen molar-refractivity contribution in [1.29, 1.82) is 0 Å². The predicted octanol–water partition coefficient (Wildman–Crippen LogP) is -0.622. The molecule has 17 heavy (non-hydrogen) atoms. The highest BCUT2D eigenvalue weighted by atomic mass is 16.3. The molecule has 0 aromatic carbocycles. The van der Waals surface area contributed by atoms with E-state index in [-0.39, 0.29) is 24.5 Å². The smallest absolute Gasteiger partial charge is 0.347 e. The van der Waals surface area contributed by atoms with Crippen molar-refractivity contribution in [3.8, 4) is 0 Å². The number of rotatable bonds is 5. The number of hydrogen-bond donors (Lipinski definition) is 2. The van der Waals surface area contributed by atoms with E-state index in [1.807, 2.05) is 13.8 Å². The van der Waals surface area contributed by atoms with E-state index in [1.54, 1.807) is 6.07 Å². The zero-order valence-electron chi connectivity index (χ0n) is 10.0. The van der Waals surface area contributed by atoms with Crippen LogP contribution in [0.5, 0.6) is 0 Å². The summed E-state index contributed by atoms with van der Waals surface area (Å²) in [4.78, 5) is 26.3. The third kappa shape index (κ3) is 4.36. The molecule has 2 N–H and O–H groups in total. The van der Waals surface area contributed by atoms with E-state index in [0.717, 1.165) is 0 Å². The Morgan fingerprint density at radius 2 is 2.29 bits per heavy atom. The van der Waals surface area contributed by atoms with E-state index in [2.05, 4.69) is 10.3 Å². The van der Waals surface area contributed by atoms with Crippen LogP contribution in [0, 0.1) is 5.41 Å². The van der Waals surface area contributed by atoms with Gasteiger partial charge < -0.3 is 10.4 Å². The highest BCUT2D eigenvalue weighted by Crippen LogP contribution is 2.10. The van der Waals surface area contributed by atoms with Crippen molar-refractivity contribution in [2.24, 2.45) is 5.41 Å². The molecule has 0 unspecified atom stereocenters. The molecular formula is C11H17N3O3. The minimum Gasteiger partial charge on any atom is -0.396 e. The zero-order chi connectivity index (χ0) is 12.9. The Hall–Kier alpha value is -1.69. The predicted molar refractivity (Wildman–Crippen MR) is 62.4 cm³/mol. The number of nitrogens with one attached hydrogen (secondary N) is 1. The van der Waals surface area contributed by atoms with Crippen molar-refractivity contribution < 1.29 is 9.90 Å². The van der Waals surface area contributed by atoms with Crippen LogP contribution in [-0.2, 0) is 11.3 Å². The topological polar surface area (TPSA) is 84.2 Å². The van der Waals surface area contributed by atoms with Gasteiger partial charge in [0.25, 0.3) is 0 Å². The van der Waals surface area contributed by atoms with Crippen LogP contribution in [0.15, 0.2) is 23.3 Å². The van der Waals surface area contributed by atoms with Gasteiger partial charge in [-0.1, -0.05) is 13.8 Å². The molecule has 0 bridgehead atoms. The lowest BCUT2D eigenvalue weighted by Crippen LogP contribution is -2.39. The van der Waals surface area contributed by atoms with Gasteiger partial charge in [0.15, 0.2) is 0 Å². The van der Waals surface area contributed by atoms with Crippen LogP contribution in [-0.4, -0.2) is 33.7 Å². The second-order valence-corrected chi connectivity index (χ2v) is 4.63. The van der Waals surface area contributed by atoms with Crippen LogP contribution in [0.3, 0.4) is 0 Å². The first-order valence-corrected chi connectivity index (χ1v) is 5.34. The maximum absolute atomic E-state index is 11.5. The third-order valence-corrected chi connectivity index (χ3v) is 2.29. The molecule has 0 aliphatic rings. The molecule has 1 rings (SSSR count). The maximum Gasteiger partial charge on any atom is 0.347 e. The van der Waals surface area contributed by atoms with Gasteiger partial charge in [-0.15, -0.1) is 0 Å². The Labute approximate surface area is 99.3 Å². The van der Waals surface area contributed by atoms with E-state index in [9.17, 15) is 9.59 Å². The molecule has 0 radical (unpaired) electrons. The van der Waals surface area contributed by atoms with Crippen LogP contribution in [0.1, 0.15) is 13.8 Å². The largest absolute Gasteiger partial charge is 0.396 e. The monoisotopic (exact) mass is 239 g/mol. The van der Waals surface area contributed by atoms with Gasteiger partial charge in [-0.2, -0.15) is 0 Å². The Balaban J connectivity index is 2.51. The van der Waals surface area contributed by atoms with Crippen molar-refractivity contribution in [1.82, 2.24) is 14.9 Å². The number of aliphatic hydroxyl groups excluding tert-OH is 1. The Morgan fingerprint density at radius 1 is 1.59 bits per heavy atom. The molecule has 94 valence electrons. The highest BCUT2D eigenvalue weighted by Gasteiger charge is 2.17. The van der Waals surface area contributed by atoms with Gasteiger partial charge in [-0.25, -0.2) is 9.78 Å². The minimum atomic E-state index is -0.455. The summed E-state index contributed by atoms with van der Waals surface area (Å²) in [6.45, 7) is 3.96. The fourth-order valence-electron chi connectivity index (χ4n) is 1.11. The lowest BCUT2D eigenvalue weighted by molar-refractivity contribution is -0.122. The third-order valence-electron chi connectivity index (χ3n) is 2.29. The first-order chi connectivity index (χ1) is 7.94. The van der Waals surface area contributed by atoms with E-state index in [1.165, 1.54) is 17.0 Å². The summed E-state index contributed by atoms with van der Waals surface area (Å²) in [7, 11) is 0. The summed E-state index contributed by atoms with van der Waals surface area (Å²) in [6.07, 6.45) is 2.89. The summed E-state index contributed by atoms with van der Waals surface area (Å²) < 4.78 is 1.22. The van der Waals surface area contributed by atoms with Gasteiger partial charge in [0.1, 0.15) is 6.54 Å². The van der Waals surface area contributed by atoms with Gasteiger partial charge >= 0.3 is 5.69 Å². The highest BCUT2D eigenvalue weighted by molar-refractivity contribution is 5.75. The summed E-state index contributed by atoms with van der Waals surface area (Å²) >= 11 is 0. The second-order valence-electron chi connectivity index (χ2n) is 4.63. The Morgan fingerprint density at radius 3 is 2.88 bits per heavy atom.